The van der Waals surface area contributed by atoms with E-state index in [9.17, 15) is 9.59 Å². The van der Waals surface area contributed by atoms with Gasteiger partial charge in [-0.25, -0.2) is 4.98 Å². The summed E-state index contributed by atoms with van der Waals surface area (Å²) in [6, 6.07) is 9.84. The standard InChI is InChI=1S/C21H23N3O2S/c1-13(2)19(14-7-4-3-5-8-14)23-17(25)11-24-12-22-20-18(21(24)26)15-9-6-10-16(15)27-20/h3-5,7-8,12-13,19H,6,9-11H2,1-2H3,(H,23,25). The molecule has 1 unspecified atom stereocenters. The lowest BCUT2D eigenvalue weighted by molar-refractivity contribution is -0.122. The van der Waals surface area contributed by atoms with Crippen molar-refractivity contribution >= 4 is 27.5 Å². The molecule has 0 saturated carbocycles. The largest absolute Gasteiger partial charge is 0.347 e. The molecular weight excluding hydrogens is 358 g/mol. The van der Waals surface area contributed by atoms with Gasteiger partial charge in [0.25, 0.3) is 5.56 Å². The van der Waals surface area contributed by atoms with E-state index >= 15 is 0 Å². The summed E-state index contributed by atoms with van der Waals surface area (Å²) in [5.41, 5.74) is 2.11. The maximum absolute atomic E-state index is 12.9. The summed E-state index contributed by atoms with van der Waals surface area (Å²) in [6.07, 6.45) is 4.57. The van der Waals surface area contributed by atoms with Gasteiger partial charge in [-0.15, -0.1) is 11.3 Å². The van der Waals surface area contributed by atoms with Crippen molar-refractivity contribution in [1.29, 1.82) is 0 Å². The Labute approximate surface area is 162 Å². The van der Waals surface area contributed by atoms with Crippen LogP contribution in [0.5, 0.6) is 0 Å². The summed E-state index contributed by atoms with van der Waals surface area (Å²) < 4.78 is 1.44. The van der Waals surface area contributed by atoms with Crippen molar-refractivity contribution < 1.29 is 4.79 Å². The highest BCUT2D eigenvalue weighted by Crippen LogP contribution is 2.34. The average Bonchev–Trinajstić information content (AvgIpc) is 3.23. The van der Waals surface area contributed by atoms with Crippen molar-refractivity contribution in [3.63, 3.8) is 0 Å². The molecule has 140 valence electrons. The maximum atomic E-state index is 12.9. The Morgan fingerprint density at radius 3 is 2.78 bits per heavy atom. The topological polar surface area (TPSA) is 64.0 Å². The molecule has 0 fully saturated rings. The van der Waals surface area contributed by atoms with Crippen molar-refractivity contribution in [3.8, 4) is 0 Å². The van der Waals surface area contributed by atoms with E-state index in [4.69, 9.17) is 0 Å². The number of amides is 1. The molecule has 2 aromatic heterocycles. The number of aryl methyl sites for hydroxylation is 2. The number of rotatable bonds is 5. The van der Waals surface area contributed by atoms with Crippen LogP contribution in [0.2, 0.25) is 0 Å². The molecule has 27 heavy (non-hydrogen) atoms. The molecule has 0 spiro atoms. The molecular formula is C21H23N3O2S. The molecule has 6 heteroatoms. The van der Waals surface area contributed by atoms with Crippen LogP contribution in [-0.4, -0.2) is 15.5 Å². The van der Waals surface area contributed by atoms with Crippen molar-refractivity contribution in [2.45, 2.75) is 45.7 Å². The number of hydrogen-bond donors (Lipinski definition) is 1. The van der Waals surface area contributed by atoms with E-state index in [1.165, 1.54) is 15.8 Å². The van der Waals surface area contributed by atoms with Crippen LogP contribution in [0.1, 0.15) is 42.3 Å². The van der Waals surface area contributed by atoms with Crippen LogP contribution in [-0.2, 0) is 24.2 Å². The Morgan fingerprint density at radius 2 is 2.04 bits per heavy atom. The van der Waals surface area contributed by atoms with Gasteiger partial charge >= 0.3 is 0 Å². The fraction of sp³-hybridized carbons (Fsp3) is 0.381. The number of carbonyl (C=O) groups excluding carboxylic acids is 1. The van der Waals surface area contributed by atoms with Gasteiger partial charge in [0.15, 0.2) is 0 Å². The van der Waals surface area contributed by atoms with Gasteiger partial charge < -0.3 is 5.32 Å². The summed E-state index contributed by atoms with van der Waals surface area (Å²) in [7, 11) is 0. The second-order valence-electron chi connectivity index (χ2n) is 7.42. The van der Waals surface area contributed by atoms with Crippen molar-refractivity contribution in [2.75, 3.05) is 0 Å². The fourth-order valence-corrected chi connectivity index (χ4v) is 5.02. The van der Waals surface area contributed by atoms with E-state index in [1.807, 2.05) is 30.3 Å². The molecule has 0 aliphatic heterocycles. The average molecular weight is 382 g/mol. The third kappa shape index (κ3) is 3.41. The minimum atomic E-state index is -0.173. The lowest BCUT2D eigenvalue weighted by Crippen LogP contribution is -2.36. The molecule has 0 radical (unpaired) electrons. The fourth-order valence-electron chi connectivity index (χ4n) is 3.80. The first-order valence-corrected chi connectivity index (χ1v) is 10.2. The van der Waals surface area contributed by atoms with Gasteiger partial charge in [0.1, 0.15) is 11.4 Å². The number of fused-ring (bicyclic) bond motifs is 3. The third-order valence-corrected chi connectivity index (χ3v) is 6.35. The first-order valence-electron chi connectivity index (χ1n) is 9.38. The lowest BCUT2D eigenvalue weighted by atomic mass is 9.96. The third-order valence-electron chi connectivity index (χ3n) is 5.15. The van der Waals surface area contributed by atoms with E-state index in [1.54, 1.807) is 11.3 Å². The highest BCUT2D eigenvalue weighted by molar-refractivity contribution is 7.18. The number of thiophene rings is 1. The summed E-state index contributed by atoms with van der Waals surface area (Å²) in [5.74, 6) is 0.0708. The van der Waals surface area contributed by atoms with Gasteiger partial charge in [-0.2, -0.15) is 0 Å². The van der Waals surface area contributed by atoms with Crippen LogP contribution in [0, 0.1) is 5.92 Å². The van der Waals surface area contributed by atoms with Gasteiger partial charge in [-0.1, -0.05) is 44.2 Å². The molecule has 4 rings (SSSR count). The number of hydrogen-bond acceptors (Lipinski definition) is 4. The second kappa shape index (κ2) is 7.27. The lowest BCUT2D eigenvalue weighted by Gasteiger charge is -2.23. The monoisotopic (exact) mass is 381 g/mol. The second-order valence-corrected chi connectivity index (χ2v) is 8.50. The quantitative estimate of drug-likeness (QED) is 0.736. The minimum Gasteiger partial charge on any atom is -0.347 e. The summed E-state index contributed by atoms with van der Waals surface area (Å²) >= 11 is 1.61. The highest BCUT2D eigenvalue weighted by Gasteiger charge is 2.22. The zero-order valence-corrected chi connectivity index (χ0v) is 16.4. The van der Waals surface area contributed by atoms with E-state index in [2.05, 4.69) is 24.1 Å². The predicted molar refractivity (Wildman–Crippen MR) is 108 cm³/mol. The first kappa shape index (κ1) is 17.9. The van der Waals surface area contributed by atoms with Crippen LogP contribution >= 0.6 is 11.3 Å². The Hall–Kier alpha value is -2.47. The van der Waals surface area contributed by atoms with E-state index < -0.39 is 0 Å². The van der Waals surface area contributed by atoms with Crippen molar-refractivity contribution in [3.05, 3.63) is 63.0 Å². The summed E-state index contributed by atoms with van der Waals surface area (Å²) in [5, 5.41) is 3.79. The molecule has 2 heterocycles. The zero-order chi connectivity index (χ0) is 19.0. The summed E-state index contributed by atoms with van der Waals surface area (Å²) in [6.45, 7) is 4.14. The van der Waals surface area contributed by atoms with Crippen molar-refractivity contribution in [2.24, 2.45) is 5.92 Å². The molecule has 1 aliphatic rings. The Morgan fingerprint density at radius 1 is 1.26 bits per heavy atom. The van der Waals surface area contributed by atoms with Crippen LogP contribution in [0.25, 0.3) is 10.2 Å². The van der Waals surface area contributed by atoms with Gasteiger partial charge in [0, 0.05) is 4.88 Å². The maximum Gasteiger partial charge on any atom is 0.262 e. The van der Waals surface area contributed by atoms with Gasteiger partial charge in [-0.05, 0) is 36.3 Å². The molecule has 1 aromatic carbocycles. The number of aromatic nitrogens is 2. The Kier molecular flexibility index (Phi) is 4.83. The van der Waals surface area contributed by atoms with Crippen LogP contribution in [0.15, 0.2) is 41.5 Å². The Bertz CT molecular complexity index is 1040. The van der Waals surface area contributed by atoms with E-state index in [-0.39, 0.29) is 30.0 Å². The van der Waals surface area contributed by atoms with Crippen LogP contribution < -0.4 is 10.9 Å². The normalized spacial score (nSPS) is 14.5. The van der Waals surface area contributed by atoms with Crippen LogP contribution in [0.3, 0.4) is 0 Å². The smallest absolute Gasteiger partial charge is 0.262 e. The predicted octanol–water partition coefficient (Wildman–Crippen LogP) is 3.46. The molecule has 5 nitrogen and oxygen atoms in total. The number of nitrogens with zero attached hydrogens (tertiary/aromatic N) is 2. The molecule has 3 aromatic rings. The molecule has 0 saturated heterocycles. The molecule has 1 aliphatic carbocycles. The molecule has 0 bridgehead atoms. The number of carbonyl (C=O) groups is 1. The van der Waals surface area contributed by atoms with E-state index in [0.717, 1.165) is 35.2 Å². The Balaban J connectivity index is 1.57. The van der Waals surface area contributed by atoms with E-state index in [0.29, 0.717) is 5.39 Å². The molecule has 1 atom stereocenters. The SMILES string of the molecule is CC(C)C(NC(=O)Cn1cnc2sc3c(c2c1=O)CCC3)c1ccccc1. The number of benzene rings is 1. The van der Waals surface area contributed by atoms with Crippen molar-refractivity contribution in [1.82, 2.24) is 14.9 Å². The van der Waals surface area contributed by atoms with Gasteiger partial charge in [0.2, 0.25) is 5.91 Å². The van der Waals surface area contributed by atoms with Crippen LogP contribution in [0.4, 0.5) is 0 Å². The molecule has 1 amide bonds. The van der Waals surface area contributed by atoms with Gasteiger partial charge in [-0.3, -0.25) is 14.2 Å². The van der Waals surface area contributed by atoms with Gasteiger partial charge in [0.05, 0.1) is 17.8 Å². The highest BCUT2D eigenvalue weighted by atomic mass is 32.1. The zero-order valence-electron chi connectivity index (χ0n) is 15.6. The summed E-state index contributed by atoms with van der Waals surface area (Å²) in [4.78, 5) is 32.1. The number of nitrogens with one attached hydrogen (secondary N) is 1. The minimum absolute atomic E-state index is 0.0115. The molecule has 1 N–H and O–H groups in total. The first-order chi connectivity index (χ1) is 13.0.